The summed E-state index contributed by atoms with van der Waals surface area (Å²) in [7, 11) is 1.83. The first kappa shape index (κ1) is 18.5. The maximum atomic E-state index is 5.84. The van der Waals surface area contributed by atoms with E-state index in [1.807, 2.05) is 25.2 Å². The van der Waals surface area contributed by atoms with Gasteiger partial charge in [-0.15, -0.1) is 0 Å². The molecule has 0 bridgehead atoms. The number of ether oxygens (including phenoxy) is 1. The molecular weight excluding hydrogens is 322 g/mol. The lowest BCUT2D eigenvalue weighted by atomic mass is 10.1. The maximum Gasteiger partial charge on any atom is 0.191 e. The van der Waals surface area contributed by atoms with Crippen molar-refractivity contribution in [2.45, 2.75) is 51.5 Å². The highest BCUT2D eigenvalue weighted by Crippen LogP contribution is 2.17. The number of rotatable bonds is 7. The van der Waals surface area contributed by atoms with Crippen LogP contribution in [-0.4, -0.2) is 19.0 Å². The predicted molar refractivity (Wildman–Crippen MR) is 107 cm³/mol. The maximum absolute atomic E-state index is 5.84. The van der Waals surface area contributed by atoms with E-state index in [1.165, 1.54) is 42.4 Å². The molecule has 0 unspecified atom stereocenters. The van der Waals surface area contributed by atoms with E-state index in [4.69, 9.17) is 4.74 Å². The highest BCUT2D eigenvalue weighted by atomic mass is 16.5. The average Bonchev–Trinajstić information content (AvgIpc) is 3.19. The number of hydrogen-bond acceptors (Lipinski definition) is 2. The summed E-state index contributed by atoms with van der Waals surface area (Å²) in [6.07, 6.45) is 5.13. The van der Waals surface area contributed by atoms with Gasteiger partial charge in [0.05, 0.1) is 13.2 Å². The highest BCUT2D eigenvalue weighted by molar-refractivity contribution is 5.79. The first-order chi connectivity index (χ1) is 12.8. The molecule has 0 atom stereocenters. The Morgan fingerprint density at radius 1 is 0.962 bits per heavy atom. The van der Waals surface area contributed by atoms with E-state index in [9.17, 15) is 0 Å². The second-order valence-electron chi connectivity index (χ2n) is 6.85. The van der Waals surface area contributed by atoms with Crippen LogP contribution in [0.15, 0.2) is 59.6 Å². The number of benzene rings is 2. The molecule has 4 heteroatoms. The second-order valence-corrected chi connectivity index (χ2v) is 6.85. The number of hydrogen-bond donors (Lipinski definition) is 2. The van der Waals surface area contributed by atoms with Crippen molar-refractivity contribution in [3.63, 3.8) is 0 Å². The number of guanidine groups is 1. The van der Waals surface area contributed by atoms with E-state index in [-0.39, 0.29) is 0 Å². The summed E-state index contributed by atoms with van der Waals surface area (Å²) in [5, 5.41) is 6.94. The van der Waals surface area contributed by atoms with E-state index in [1.54, 1.807) is 0 Å². The molecule has 3 rings (SSSR count). The Bertz CT molecular complexity index is 694. The smallest absolute Gasteiger partial charge is 0.191 e. The molecule has 0 aliphatic heterocycles. The first-order valence-electron chi connectivity index (χ1n) is 9.50. The van der Waals surface area contributed by atoms with E-state index in [0.29, 0.717) is 19.3 Å². The monoisotopic (exact) mass is 351 g/mol. The Labute approximate surface area is 156 Å². The van der Waals surface area contributed by atoms with Crippen molar-refractivity contribution >= 4 is 5.96 Å². The zero-order chi connectivity index (χ0) is 18.0. The SMILES string of the molecule is CN=C(NCc1cccc(COCc2ccccc2)c1)NC1CCCC1. The summed E-state index contributed by atoms with van der Waals surface area (Å²) in [5.74, 6) is 0.891. The van der Waals surface area contributed by atoms with Crippen molar-refractivity contribution in [1.29, 1.82) is 0 Å². The Kier molecular flexibility index (Phi) is 7.08. The van der Waals surface area contributed by atoms with Gasteiger partial charge < -0.3 is 15.4 Å². The van der Waals surface area contributed by atoms with Gasteiger partial charge >= 0.3 is 0 Å². The number of aliphatic imine (C=N–C) groups is 1. The third kappa shape index (κ3) is 5.88. The van der Waals surface area contributed by atoms with Crippen LogP contribution in [0.4, 0.5) is 0 Å². The van der Waals surface area contributed by atoms with Gasteiger partial charge in [0.25, 0.3) is 0 Å². The highest BCUT2D eigenvalue weighted by Gasteiger charge is 2.15. The summed E-state index contributed by atoms with van der Waals surface area (Å²) in [6.45, 7) is 2.03. The van der Waals surface area contributed by atoms with Crippen LogP contribution >= 0.6 is 0 Å². The lowest BCUT2D eigenvalue weighted by molar-refractivity contribution is 0.107. The molecular formula is C22H29N3O. The molecule has 2 N–H and O–H groups in total. The Hall–Kier alpha value is -2.33. The fourth-order valence-electron chi connectivity index (χ4n) is 3.33. The molecule has 2 aromatic carbocycles. The summed E-state index contributed by atoms with van der Waals surface area (Å²) in [6, 6.07) is 19.4. The molecule has 0 aromatic heterocycles. The van der Waals surface area contributed by atoms with Crippen molar-refractivity contribution in [2.24, 2.45) is 4.99 Å². The largest absolute Gasteiger partial charge is 0.372 e. The van der Waals surface area contributed by atoms with Gasteiger partial charge in [-0.25, -0.2) is 0 Å². The molecule has 0 amide bonds. The third-order valence-corrected chi connectivity index (χ3v) is 4.75. The first-order valence-corrected chi connectivity index (χ1v) is 9.50. The average molecular weight is 351 g/mol. The van der Waals surface area contributed by atoms with Crippen molar-refractivity contribution in [2.75, 3.05) is 7.05 Å². The van der Waals surface area contributed by atoms with E-state index in [2.05, 4.69) is 52.0 Å². The lowest BCUT2D eigenvalue weighted by Crippen LogP contribution is -2.41. The molecule has 4 nitrogen and oxygen atoms in total. The van der Waals surface area contributed by atoms with Crippen molar-refractivity contribution in [1.82, 2.24) is 10.6 Å². The molecule has 1 saturated carbocycles. The predicted octanol–water partition coefficient (Wildman–Crippen LogP) is 4.01. The minimum Gasteiger partial charge on any atom is -0.372 e. The molecule has 1 aliphatic carbocycles. The van der Waals surface area contributed by atoms with Gasteiger partial charge in [-0.05, 0) is 29.5 Å². The van der Waals surface area contributed by atoms with Crippen LogP contribution in [0.25, 0.3) is 0 Å². The number of nitrogens with zero attached hydrogens (tertiary/aromatic N) is 1. The minimum atomic E-state index is 0.568. The van der Waals surface area contributed by atoms with Crippen molar-refractivity contribution in [3.05, 3.63) is 71.3 Å². The molecule has 26 heavy (non-hydrogen) atoms. The molecule has 0 heterocycles. The molecule has 0 saturated heterocycles. The van der Waals surface area contributed by atoms with E-state index in [0.717, 1.165) is 12.5 Å². The zero-order valence-corrected chi connectivity index (χ0v) is 15.6. The van der Waals surface area contributed by atoms with Crippen LogP contribution in [0.2, 0.25) is 0 Å². The van der Waals surface area contributed by atoms with Gasteiger partial charge in [0.15, 0.2) is 5.96 Å². The third-order valence-electron chi connectivity index (χ3n) is 4.75. The molecule has 138 valence electrons. The van der Waals surface area contributed by atoms with E-state index >= 15 is 0 Å². The van der Waals surface area contributed by atoms with Crippen molar-refractivity contribution < 1.29 is 4.74 Å². The Morgan fingerprint density at radius 3 is 2.42 bits per heavy atom. The molecule has 0 radical (unpaired) electrons. The van der Waals surface area contributed by atoms with Gasteiger partial charge in [-0.3, -0.25) is 4.99 Å². The fourth-order valence-corrected chi connectivity index (χ4v) is 3.33. The molecule has 1 aliphatic rings. The van der Waals surface area contributed by atoms with Gasteiger partial charge in [0, 0.05) is 19.6 Å². The van der Waals surface area contributed by atoms with E-state index < -0.39 is 0 Å². The van der Waals surface area contributed by atoms with Crippen LogP contribution in [0.1, 0.15) is 42.4 Å². The molecule has 1 fully saturated rings. The van der Waals surface area contributed by atoms with Crippen LogP contribution in [0.3, 0.4) is 0 Å². The van der Waals surface area contributed by atoms with Crippen LogP contribution in [0.5, 0.6) is 0 Å². The standard InChI is InChI=1S/C22H29N3O/c1-23-22(25-21-12-5-6-13-21)24-15-19-10-7-11-20(14-19)17-26-16-18-8-3-2-4-9-18/h2-4,7-11,14,21H,5-6,12-13,15-17H2,1H3,(H2,23,24,25). The fraction of sp³-hybridized carbons (Fsp3) is 0.409. The Morgan fingerprint density at radius 2 is 1.65 bits per heavy atom. The summed E-state index contributed by atoms with van der Waals surface area (Å²) in [5.41, 5.74) is 3.63. The lowest BCUT2D eigenvalue weighted by Gasteiger charge is -2.17. The van der Waals surface area contributed by atoms with Crippen molar-refractivity contribution in [3.8, 4) is 0 Å². The zero-order valence-electron chi connectivity index (χ0n) is 15.6. The molecule has 2 aromatic rings. The normalized spacial score (nSPS) is 15.2. The van der Waals surface area contributed by atoms with Gasteiger partial charge in [0.1, 0.15) is 0 Å². The van der Waals surface area contributed by atoms with Gasteiger partial charge in [-0.1, -0.05) is 67.4 Å². The minimum absolute atomic E-state index is 0.568. The van der Waals surface area contributed by atoms with Crippen LogP contribution in [-0.2, 0) is 24.5 Å². The molecule has 0 spiro atoms. The van der Waals surface area contributed by atoms with Gasteiger partial charge in [-0.2, -0.15) is 0 Å². The summed E-state index contributed by atoms with van der Waals surface area (Å²) >= 11 is 0. The number of nitrogens with one attached hydrogen (secondary N) is 2. The second kappa shape index (κ2) is 9.97. The Balaban J connectivity index is 1.45. The quantitative estimate of drug-likeness (QED) is 0.585. The van der Waals surface area contributed by atoms with Gasteiger partial charge in [0.2, 0.25) is 0 Å². The van der Waals surface area contributed by atoms with Crippen LogP contribution < -0.4 is 10.6 Å². The van der Waals surface area contributed by atoms with Crippen LogP contribution in [0, 0.1) is 0 Å². The summed E-state index contributed by atoms with van der Waals surface area (Å²) in [4.78, 5) is 4.34. The topological polar surface area (TPSA) is 45.7 Å². The summed E-state index contributed by atoms with van der Waals surface area (Å²) < 4.78 is 5.84.